The minimum atomic E-state index is 0.0888. The summed E-state index contributed by atoms with van der Waals surface area (Å²) in [6.07, 6.45) is 0. The van der Waals surface area contributed by atoms with Crippen LogP contribution in [-0.4, -0.2) is 16.3 Å². The monoisotopic (exact) mass is 181 g/mol. The fourth-order valence-electron chi connectivity index (χ4n) is 2.00. The Labute approximate surface area is 76.9 Å². The van der Waals surface area contributed by atoms with Gasteiger partial charge in [-0.1, -0.05) is 6.92 Å². The number of nitrogens with zero attached hydrogens (tertiary/aromatic N) is 1. The van der Waals surface area contributed by atoms with Crippen LogP contribution in [0.5, 0.6) is 0 Å². The van der Waals surface area contributed by atoms with E-state index in [1.54, 1.807) is 0 Å². The van der Waals surface area contributed by atoms with Crippen molar-refractivity contribution >= 4 is 0 Å². The third kappa shape index (κ3) is 1.21. The predicted octanol–water partition coefficient (Wildman–Crippen LogP) is 0.403. The van der Waals surface area contributed by atoms with Crippen LogP contribution >= 0.6 is 0 Å². The van der Waals surface area contributed by atoms with Gasteiger partial charge in [-0.15, -0.1) is 0 Å². The van der Waals surface area contributed by atoms with E-state index in [4.69, 9.17) is 0 Å². The molecule has 0 unspecified atom stereocenters. The Hall–Kier alpha value is -1.03. The molecule has 4 heteroatoms. The fraction of sp³-hybridized carbons (Fsp3) is 0.667. The number of rotatable bonds is 1. The molecule has 0 amide bonds. The van der Waals surface area contributed by atoms with Gasteiger partial charge in [0.25, 0.3) is 5.56 Å². The van der Waals surface area contributed by atoms with Gasteiger partial charge in [-0.3, -0.25) is 14.6 Å². The average Bonchev–Trinajstić information content (AvgIpc) is 2.44. The van der Waals surface area contributed by atoms with E-state index in [9.17, 15) is 4.79 Å². The number of aryl methyl sites for hydroxylation is 1. The van der Waals surface area contributed by atoms with Gasteiger partial charge < -0.3 is 5.32 Å². The van der Waals surface area contributed by atoms with Gasteiger partial charge in [0.05, 0.1) is 5.69 Å². The number of fused-ring (bicyclic) bond motifs is 1. The molecule has 2 heterocycles. The van der Waals surface area contributed by atoms with Crippen LogP contribution in [0.25, 0.3) is 0 Å². The first-order chi connectivity index (χ1) is 6.24. The Kier molecular flexibility index (Phi) is 2.00. The van der Waals surface area contributed by atoms with Crippen LogP contribution in [0, 0.1) is 0 Å². The molecule has 0 bridgehead atoms. The van der Waals surface area contributed by atoms with Crippen molar-refractivity contribution in [1.29, 1.82) is 0 Å². The van der Waals surface area contributed by atoms with Crippen molar-refractivity contribution in [3.8, 4) is 0 Å². The van der Waals surface area contributed by atoms with Crippen molar-refractivity contribution in [3.05, 3.63) is 21.6 Å². The van der Waals surface area contributed by atoms with Crippen molar-refractivity contribution in [2.24, 2.45) is 0 Å². The maximum Gasteiger partial charge on any atom is 0.267 e. The zero-order valence-corrected chi connectivity index (χ0v) is 8.05. The molecule has 0 aromatic carbocycles. The van der Waals surface area contributed by atoms with Crippen molar-refractivity contribution in [1.82, 2.24) is 15.1 Å². The first-order valence-electron chi connectivity index (χ1n) is 4.76. The summed E-state index contributed by atoms with van der Waals surface area (Å²) in [6.45, 7) is 6.67. The predicted molar refractivity (Wildman–Crippen MR) is 50.8 cm³/mol. The van der Waals surface area contributed by atoms with E-state index in [0.717, 1.165) is 30.9 Å². The molecule has 1 aromatic rings. The normalized spacial score (nSPS) is 21.5. The Bertz CT molecular complexity index is 363. The standard InChI is InChI=1S/C9H15N3O/c1-3-12-7-5-10-4-6(2)8(7)9(13)11-12/h6,10H,3-5H2,1-2H3,(H,11,13)/t6-/m1/s1. The third-order valence-electron chi connectivity index (χ3n) is 2.67. The zero-order chi connectivity index (χ0) is 9.42. The molecule has 13 heavy (non-hydrogen) atoms. The average molecular weight is 181 g/mol. The van der Waals surface area contributed by atoms with Crippen molar-refractivity contribution < 1.29 is 0 Å². The van der Waals surface area contributed by atoms with Gasteiger partial charge in [0.1, 0.15) is 0 Å². The van der Waals surface area contributed by atoms with E-state index in [1.165, 1.54) is 0 Å². The first-order valence-corrected chi connectivity index (χ1v) is 4.76. The lowest BCUT2D eigenvalue weighted by atomic mass is 9.98. The summed E-state index contributed by atoms with van der Waals surface area (Å²) in [5, 5.41) is 6.16. The minimum Gasteiger partial charge on any atom is -0.311 e. The molecule has 0 fully saturated rings. The highest BCUT2D eigenvalue weighted by Gasteiger charge is 2.22. The zero-order valence-electron chi connectivity index (χ0n) is 8.05. The van der Waals surface area contributed by atoms with Crippen molar-refractivity contribution in [3.63, 3.8) is 0 Å². The van der Waals surface area contributed by atoms with Crippen LogP contribution < -0.4 is 10.9 Å². The summed E-state index contributed by atoms with van der Waals surface area (Å²) in [7, 11) is 0. The van der Waals surface area contributed by atoms with Gasteiger partial charge in [0.15, 0.2) is 0 Å². The third-order valence-corrected chi connectivity index (χ3v) is 2.67. The molecule has 2 rings (SSSR count). The molecular weight excluding hydrogens is 166 g/mol. The van der Waals surface area contributed by atoms with E-state index < -0.39 is 0 Å². The molecule has 0 aliphatic carbocycles. The van der Waals surface area contributed by atoms with E-state index in [0.29, 0.717) is 5.92 Å². The lowest BCUT2D eigenvalue weighted by molar-refractivity contribution is 0.525. The molecule has 4 nitrogen and oxygen atoms in total. The van der Waals surface area contributed by atoms with Crippen LogP contribution in [0.1, 0.15) is 31.0 Å². The van der Waals surface area contributed by atoms with Gasteiger partial charge in [0.2, 0.25) is 0 Å². The fourth-order valence-corrected chi connectivity index (χ4v) is 2.00. The smallest absolute Gasteiger partial charge is 0.267 e. The highest BCUT2D eigenvalue weighted by Crippen LogP contribution is 2.19. The lowest BCUT2D eigenvalue weighted by Gasteiger charge is -2.19. The molecule has 0 saturated carbocycles. The van der Waals surface area contributed by atoms with Crippen LogP contribution in [0.2, 0.25) is 0 Å². The van der Waals surface area contributed by atoms with Crippen molar-refractivity contribution in [2.45, 2.75) is 32.9 Å². The van der Waals surface area contributed by atoms with E-state index in [2.05, 4.69) is 17.3 Å². The molecule has 1 aliphatic heterocycles. The Morgan fingerprint density at radius 2 is 2.38 bits per heavy atom. The molecule has 1 aliphatic rings. The number of aromatic nitrogens is 2. The molecule has 72 valence electrons. The number of nitrogens with one attached hydrogen (secondary N) is 2. The summed E-state index contributed by atoms with van der Waals surface area (Å²) in [4.78, 5) is 11.5. The number of aromatic amines is 1. The van der Waals surface area contributed by atoms with Gasteiger partial charge in [-0.2, -0.15) is 0 Å². The van der Waals surface area contributed by atoms with Crippen LogP contribution in [0.3, 0.4) is 0 Å². The van der Waals surface area contributed by atoms with Gasteiger partial charge in [-0.25, -0.2) is 0 Å². The molecule has 0 spiro atoms. The van der Waals surface area contributed by atoms with Crippen LogP contribution in [0.4, 0.5) is 0 Å². The van der Waals surface area contributed by atoms with Gasteiger partial charge >= 0.3 is 0 Å². The number of H-pyrrole nitrogens is 1. The van der Waals surface area contributed by atoms with Gasteiger partial charge in [-0.05, 0) is 6.92 Å². The summed E-state index contributed by atoms with van der Waals surface area (Å²) in [5.41, 5.74) is 2.19. The second-order valence-corrected chi connectivity index (χ2v) is 3.58. The second kappa shape index (κ2) is 3.03. The number of hydrogen-bond acceptors (Lipinski definition) is 2. The second-order valence-electron chi connectivity index (χ2n) is 3.58. The minimum absolute atomic E-state index is 0.0888. The summed E-state index contributed by atoms with van der Waals surface area (Å²) in [5.74, 6) is 0.334. The molecule has 2 N–H and O–H groups in total. The summed E-state index contributed by atoms with van der Waals surface area (Å²) in [6, 6.07) is 0. The molecule has 1 aromatic heterocycles. The van der Waals surface area contributed by atoms with Crippen LogP contribution in [0.15, 0.2) is 4.79 Å². The van der Waals surface area contributed by atoms with E-state index in [1.807, 2.05) is 11.6 Å². The van der Waals surface area contributed by atoms with Crippen molar-refractivity contribution in [2.75, 3.05) is 6.54 Å². The van der Waals surface area contributed by atoms with Crippen LogP contribution in [-0.2, 0) is 13.1 Å². The molecule has 0 saturated heterocycles. The molecule has 0 radical (unpaired) electrons. The van der Waals surface area contributed by atoms with E-state index in [-0.39, 0.29) is 5.56 Å². The number of hydrogen-bond donors (Lipinski definition) is 2. The first kappa shape index (κ1) is 8.56. The van der Waals surface area contributed by atoms with Gasteiger partial charge in [0, 0.05) is 31.1 Å². The molecular formula is C9H15N3O. The van der Waals surface area contributed by atoms with E-state index >= 15 is 0 Å². The molecule has 1 atom stereocenters. The summed E-state index contributed by atoms with van der Waals surface area (Å²) >= 11 is 0. The Balaban J connectivity index is 2.57. The highest BCUT2D eigenvalue weighted by atomic mass is 16.1. The topological polar surface area (TPSA) is 49.8 Å². The quantitative estimate of drug-likeness (QED) is 0.659. The summed E-state index contributed by atoms with van der Waals surface area (Å²) < 4.78 is 1.93. The Morgan fingerprint density at radius 1 is 1.62 bits per heavy atom. The SMILES string of the molecule is CCn1[nH]c(=O)c2c1CNC[C@H]2C. The maximum absolute atomic E-state index is 11.5. The lowest BCUT2D eigenvalue weighted by Crippen LogP contribution is -2.29. The largest absolute Gasteiger partial charge is 0.311 e. The highest BCUT2D eigenvalue weighted by molar-refractivity contribution is 5.24. The maximum atomic E-state index is 11.5. The Morgan fingerprint density at radius 3 is 3.08 bits per heavy atom.